The molecule has 2 aromatic carbocycles. The van der Waals surface area contributed by atoms with Gasteiger partial charge in [0.05, 0.1) is 20.3 Å². The van der Waals surface area contributed by atoms with E-state index in [0.717, 1.165) is 22.4 Å². The average Bonchev–Trinajstić information content (AvgIpc) is 2.86. The summed E-state index contributed by atoms with van der Waals surface area (Å²) in [6, 6.07) is 17.2. The van der Waals surface area contributed by atoms with E-state index in [2.05, 4.69) is 4.98 Å². The largest absolute Gasteiger partial charge is 0.497 e. The van der Waals surface area contributed by atoms with Gasteiger partial charge in [0.1, 0.15) is 18.1 Å². The first-order valence-corrected chi connectivity index (χ1v) is 11.1. The van der Waals surface area contributed by atoms with Gasteiger partial charge in [-0.3, -0.25) is 9.78 Å². The summed E-state index contributed by atoms with van der Waals surface area (Å²) in [7, 11) is 3.24. The van der Waals surface area contributed by atoms with Gasteiger partial charge in [-0.2, -0.15) is 0 Å². The normalized spacial score (nSPS) is 11.6. The van der Waals surface area contributed by atoms with Crippen LogP contribution in [-0.2, 0) is 24.2 Å². The van der Waals surface area contributed by atoms with Crippen molar-refractivity contribution >= 4 is 5.78 Å². The molecule has 3 aromatic rings. The second-order valence-electron chi connectivity index (χ2n) is 7.92. The zero-order chi connectivity index (χ0) is 23.5. The van der Waals surface area contributed by atoms with E-state index in [0.29, 0.717) is 43.8 Å². The minimum atomic E-state index is -0.638. The van der Waals surface area contributed by atoms with Gasteiger partial charge in [-0.15, -0.1) is 0 Å². The fourth-order valence-corrected chi connectivity index (χ4v) is 3.50. The van der Waals surface area contributed by atoms with Crippen LogP contribution < -0.4 is 14.2 Å². The minimum absolute atomic E-state index is 0.0486. The van der Waals surface area contributed by atoms with Gasteiger partial charge in [-0.25, -0.2) is 0 Å². The van der Waals surface area contributed by atoms with Crippen molar-refractivity contribution in [3.63, 3.8) is 0 Å². The molecule has 0 saturated heterocycles. The summed E-state index contributed by atoms with van der Waals surface area (Å²) in [5.74, 6) is 2.13. The number of aromatic nitrogens is 1. The highest BCUT2D eigenvalue weighted by atomic mass is 16.5. The van der Waals surface area contributed by atoms with Crippen LogP contribution in [0.4, 0.5) is 0 Å². The lowest BCUT2D eigenvalue weighted by molar-refractivity contribution is -0.120. The summed E-state index contributed by atoms with van der Waals surface area (Å²) >= 11 is 0. The first-order valence-electron chi connectivity index (χ1n) is 11.1. The maximum Gasteiger partial charge on any atom is 0.161 e. The number of ketones is 1. The zero-order valence-corrected chi connectivity index (χ0v) is 19.2. The number of methoxy groups -OCH3 is 2. The first kappa shape index (κ1) is 24.3. The van der Waals surface area contributed by atoms with Crippen LogP contribution in [0.3, 0.4) is 0 Å². The van der Waals surface area contributed by atoms with E-state index in [-0.39, 0.29) is 12.2 Å². The van der Waals surface area contributed by atoms with Crippen LogP contribution in [0.1, 0.15) is 36.0 Å². The van der Waals surface area contributed by atoms with Crippen LogP contribution >= 0.6 is 0 Å². The fraction of sp³-hybridized carbons (Fsp3) is 0.333. The van der Waals surface area contributed by atoms with Crippen molar-refractivity contribution in [3.8, 4) is 17.2 Å². The number of rotatable bonds is 13. The summed E-state index contributed by atoms with van der Waals surface area (Å²) in [5.41, 5.74) is 3.07. The molecule has 1 unspecified atom stereocenters. The number of aliphatic hydroxyl groups is 1. The van der Waals surface area contributed by atoms with E-state index < -0.39 is 6.10 Å². The van der Waals surface area contributed by atoms with Crippen LogP contribution in [-0.4, -0.2) is 36.2 Å². The molecule has 0 aliphatic rings. The molecule has 0 aliphatic carbocycles. The number of aliphatic hydroxyl groups excluding tert-OH is 1. The van der Waals surface area contributed by atoms with Crippen LogP contribution in [0, 0.1) is 0 Å². The Morgan fingerprint density at radius 1 is 0.939 bits per heavy atom. The van der Waals surface area contributed by atoms with Crippen molar-refractivity contribution in [3.05, 3.63) is 83.7 Å². The molecule has 33 heavy (non-hydrogen) atoms. The topological polar surface area (TPSA) is 77.9 Å². The Morgan fingerprint density at radius 2 is 1.73 bits per heavy atom. The quantitative estimate of drug-likeness (QED) is 0.412. The number of aryl methyl sites for hydroxylation is 2. The second-order valence-corrected chi connectivity index (χ2v) is 7.92. The molecule has 1 N–H and O–H groups in total. The molecule has 1 heterocycles. The van der Waals surface area contributed by atoms with Gasteiger partial charge in [-0.05, 0) is 66.3 Å². The molecule has 0 saturated carbocycles. The average molecular weight is 450 g/mol. The lowest BCUT2D eigenvalue weighted by Crippen LogP contribution is -2.15. The Kier molecular flexibility index (Phi) is 9.27. The predicted octanol–water partition coefficient (Wildman–Crippen LogP) is 4.56. The molecule has 3 rings (SSSR count). The molecule has 1 atom stereocenters. The third kappa shape index (κ3) is 7.91. The Labute approximate surface area is 195 Å². The summed E-state index contributed by atoms with van der Waals surface area (Å²) in [4.78, 5) is 16.4. The SMILES string of the molecule is COc1ccc(COc2ccc(CCC(=O)CC(O)CCc3cccnc3)cc2OC)cc1. The van der Waals surface area contributed by atoms with E-state index in [9.17, 15) is 9.90 Å². The van der Waals surface area contributed by atoms with Crippen molar-refractivity contribution in [1.82, 2.24) is 4.98 Å². The molecule has 0 fully saturated rings. The van der Waals surface area contributed by atoms with Crippen molar-refractivity contribution in [2.75, 3.05) is 14.2 Å². The molecule has 0 bridgehead atoms. The maximum absolute atomic E-state index is 12.3. The molecule has 0 radical (unpaired) electrons. The number of pyridine rings is 1. The predicted molar refractivity (Wildman–Crippen MR) is 127 cm³/mol. The van der Waals surface area contributed by atoms with Crippen LogP contribution in [0.15, 0.2) is 67.0 Å². The van der Waals surface area contributed by atoms with Crippen LogP contribution in [0.2, 0.25) is 0 Å². The highest BCUT2D eigenvalue weighted by Crippen LogP contribution is 2.29. The highest BCUT2D eigenvalue weighted by Gasteiger charge is 2.13. The Morgan fingerprint density at radius 3 is 2.42 bits per heavy atom. The summed E-state index contributed by atoms with van der Waals surface area (Å²) in [6.07, 6.45) is 5.25. The van der Waals surface area contributed by atoms with Crippen molar-refractivity contribution in [1.29, 1.82) is 0 Å². The van der Waals surface area contributed by atoms with Gasteiger partial charge in [-0.1, -0.05) is 24.3 Å². The van der Waals surface area contributed by atoms with Crippen LogP contribution in [0.5, 0.6) is 17.2 Å². The Bertz CT molecular complexity index is 1000. The van der Waals surface area contributed by atoms with E-state index in [1.165, 1.54) is 0 Å². The van der Waals surface area contributed by atoms with Crippen LogP contribution in [0.25, 0.3) is 0 Å². The third-order valence-corrected chi connectivity index (χ3v) is 5.43. The van der Waals surface area contributed by atoms with E-state index in [1.54, 1.807) is 26.6 Å². The molecule has 0 amide bonds. The number of Topliss-reactive ketones (excluding diaryl/α,β-unsaturated/α-hetero) is 1. The molecule has 174 valence electrons. The number of carbonyl (C=O) groups excluding carboxylic acids is 1. The molecule has 0 spiro atoms. The maximum atomic E-state index is 12.3. The lowest BCUT2D eigenvalue weighted by Gasteiger charge is -2.13. The Hall–Kier alpha value is -3.38. The number of carbonyl (C=O) groups is 1. The van der Waals surface area contributed by atoms with Gasteiger partial charge < -0.3 is 19.3 Å². The van der Waals surface area contributed by atoms with Crippen molar-refractivity contribution < 1.29 is 24.1 Å². The standard InChI is InChI=1S/C27H31NO5/c1-31-25-12-7-22(8-13-25)19-33-26-14-9-20(16-27(26)32-2)5-10-23(29)17-24(30)11-6-21-4-3-15-28-18-21/h3-4,7-9,12-16,18,24,30H,5-6,10-11,17,19H2,1-2H3. The molecule has 6 heteroatoms. The number of hydrogen-bond donors (Lipinski definition) is 1. The van der Waals surface area contributed by atoms with Gasteiger partial charge in [0.25, 0.3) is 0 Å². The summed E-state index contributed by atoms with van der Waals surface area (Å²) in [6.45, 7) is 0.412. The number of benzene rings is 2. The highest BCUT2D eigenvalue weighted by molar-refractivity contribution is 5.79. The van der Waals surface area contributed by atoms with E-state index in [1.807, 2.05) is 54.6 Å². The van der Waals surface area contributed by atoms with Crippen molar-refractivity contribution in [2.24, 2.45) is 0 Å². The number of ether oxygens (including phenoxy) is 3. The minimum Gasteiger partial charge on any atom is -0.497 e. The molecule has 0 aliphatic heterocycles. The van der Waals surface area contributed by atoms with E-state index in [4.69, 9.17) is 14.2 Å². The smallest absolute Gasteiger partial charge is 0.161 e. The molecule has 6 nitrogen and oxygen atoms in total. The fourth-order valence-electron chi connectivity index (χ4n) is 3.50. The third-order valence-electron chi connectivity index (χ3n) is 5.43. The molecular formula is C27H31NO5. The van der Waals surface area contributed by atoms with Gasteiger partial charge in [0.2, 0.25) is 0 Å². The monoisotopic (exact) mass is 449 g/mol. The summed E-state index contributed by atoms with van der Waals surface area (Å²) < 4.78 is 16.6. The van der Waals surface area contributed by atoms with E-state index >= 15 is 0 Å². The van der Waals surface area contributed by atoms with Gasteiger partial charge in [0.15, 0.2) is 11.5 Å². The number of hydrogen-bond acceptors (Lipinski definition) is 6. The first-order chi connectivity index (χ1) is 16.1. The van der Waals surface area contributed by atoms with Crippen molar-refractivity contribution in [2.45, 2.75) is 44.8 Å². The molecule has 1 aromatic heterocycles. The Balaban J connectivity index is 1.45. The van der Waals surface area contributed by atoms with Gasteiger partial charge >= 0.3 is 0 Å². The number of nitrogens with zero attached hydrogens (tertiary/aromatic N) is 1. The second kappa shape index (κ2) is 12.6. The summed E-state index contributed by atoms with van der Waals surface area (Å²) in [5, 5.41) is 10.2. The molecular weight excluding hydrogens is 418 g/mol. The lowest BCUT2D eigenvalue weighted by atomic mass is 10.0. The van der Waals surface area contributed by atoms with Gasteiger partial charge in [0, 0.05) is 25.2 Å². The zero-order valence-electron chi connectivity index (χ0n) is 19.2.